The number of nitrogens with zero attached hydrogens (tertiary/aromatic N) is 1. The van der Waals surface area contributed by atoms with E-state index in [1.807, 2.05) is 43.0 Å². The van der Waals surface area contributed by atoms with Crippen molar-refractivity contribution in [2.45, 2.75) is 44.5 Å². The third-order valence-electron chi connectivity index (χ3n) is 4.14. The summed E-state index contributed by atoms with van der Waals surface area (Å²) in [5.74, 6) is 2.02. The predicted octanol–water partition coefficient (Wildman–Crippen LogP) is 3.49. The zero-order valence-corrected chi connectivity index (χ0v) is 18.0. The standard InChI is InChI=1S/C18H29N3OS.HI/c1-4-19-17(21-13-18(3)10-5-11-23-18)20-12-16(22)15-8-6-14(2)7-9-15;/h6-9,16,22H,4-5,10-13H2,1-3H3,(H2,19,20,21);1H. The van der Waals surface area contributed by atoms with E-state index in [0.29, 0.717) is 6.54 Å². The number of hydrogen-bond donors (Lipinski definition) is 3. The summed E-state index contributed by atoms with van der Waals surface area (Å²) in [7, 11) is 0. The highest BCUT2D eigenvalue weighted by Crippen LogP contribution is 2.37. The van der Waals surface area contributed by atoms with E-state index in [2.05, 4.69) is 24.5 Å². The molecule has 4 nitrogen and oxygen atoms in total. The van der Waals surface area contributed by atoms with Crippen molar-refractivity contribution >= 4 is 41.7 Å². The van der Waals surface area contributed by atoms with Crippen molar-refractivity contribution in [1.82, 2.24) is 10.6 Å². The first-order chi connectivity index (χ1) is 11.0. The Hall–Kier alpha value is -0.470. The third kappa shape index (κ3) is 6.80. The lowest BCUT2D eigenvalue weighted by Crippen LogP contribution is -2.40. The quantitative estimate of drug-likeness (QED) is 0.344. The van der Waals surface area contributed by atoms with Crippen molar-refractivity contribution in [3.8, 4) is 0 Å². The molecule has 1 saturated heterocycles. The van der Waals surface area contributed by atoms with E-state index in [1.54, 1.807) is 0 Å². The number of thioether (sulfide) groups is 1. The van der Waals surface area contributed by atoms with Crippen LogP contribution in [0.5, 0.6) is 0 Å². The minimum atomic E-state index is -0.532. The Labute approximate surface area is 167 Å². The molecule has 2 atom stereocenters. The molecule has 0 bridgehead atoms. The van der Waals surface area contributed by atoms with Gasteiger partial charge in [0.1, 0.15) is 0 Å². The molecule has 2 rings (SSSR count). The Bertz CT molecular complexity index is 516. The second kappa shape index (κ2) is 10.5. The number of halogens is 1. The van der Waals surface area contributed by atoms with Crippen LogP contribution >= 0.6 is 35.7 Å². The van der Waals surface area contributed by atoms with E-state index in [4.69, 9.17) is 4.99 Å². The van der Waals surface area contributed by atoms with Crippen LogP contribution in [0.25, 0.3) is 0 Å². The molecule has 1 aliphatic rings. The Kier molecular flexibility index (Phi) is 9.44. The molecule has 0 spiro atoms. The maximum absolute atomic E-state index is 10.3. The van der Waals surface area contributed by atoms with Crippen molar-refractivity contribution < 1.29 is 5.11 Å². The fourth-order valence-electron chi connectivity index (χ4n) is 2.65. The Morgan fingerprint density at radius 2 is 2.04 bits per heavy atom. The Morgan fingerprint density at radius 1 is 1.33 bits per heavy atom. The van der Waals surface area contributed by atoms with E-state index >= 15 is 0 Å². The van der Waals surface area contributed by atoms with Crippen molar-refractivity contribution in [1.29, 1.82) is 0 Å². The summed E-state index contributed by atoms with van der Waals surface area (Å²) < 4.78 is 0.262. The molecule has 0 aliphatic carbocycles. The first kappa shape index (κ1) is 21.6. The van der Waals surface area contributed by atoms with Crippen molar-refractivity contribution in [2.24, 2.45) is 4.99 Å². The number of aryl methyl sites for hydroxylation is 1. The SMILES string of the molecule is CCNC(=NCC1(C)CCCS1)NCC(O)c1ccc(C)cc1.I. The van der Waals surface area contributed by atoms with E-state index < -0.39 is 6.10 Å². The molecular weight excluding hydrogens is 433 g/mol. The second-order valence-corrected chi connectivity index (χ2v) is 8.09. The molecule has 1 aromatic carbocycles. The van der Waals surface area contributed by atoms with Crippen LogP contribution in [0, 0.1) is 6.92 Å². The number of hydrogen-bond acceptors (Lipinski definition) is 3. The number of aliphatic hydroxyl groups is 1. The molecule has 1 heterocycles. The highest BCUT2D eigenvalue weighted by atomic mass is 127. The average molecular weight is 463 g/mol. The number of guanidine groups is 1. The Morgan fingerprint density at radius 3 is 2.62 bits per heavy atom. The van der Waals surface area contributed by atoms with Crippen LogP contribution in [0.3, 0.4) is 0 Å². The van der Waals surface area contributed by atoms with Gasteiger partial charge in [-0.25, -0.2) is 0 Å². The smallest absolute Gasteiger partial charge is 0.191 e. The van der Waals surface area contributed by atoms with Crippen molar-refractivity contribution in [3.05, 3.63) is 35.4 Å². The fraction of sp³-hybridized carbons (Fsp3) is 0.611. The van der Waals surface area contributed by atoms with E-state index in [-0.39, 0.29) is 28.7 Å². The van der Waals surface area contributed by atoms with Gasteiger partial charge in [0.25, 0.3) is 0 Å². The molecule has 0 aromatic heterocycles. The topological polar surface area (TPSA) is 56.7 Å². The zero-order valence-electron chi connectivity index (χ0n) is 14.8. The molecule has 1 aromatic rings. The van der Waals surface area contributed by atoms with Crippen LogP contribution in [0.4, 0.5) is 0 Å². The van der Waals surface area contributed by atoms with Gasteiger partial charge < -0.3 is 15.7 Å². The minimum absolute atomic E-state index is 0. The lowest BCUT2D eigenvalue weighted by molar-refractivity contribution is 0.181. The number of rotatable bonds is 6. The van der Waals surface area contributed by atoms with Gasteiger partial charge in [0.2, 0.25) is 0 Å². The average Bonchev–Trinajstić information content (AvgIpc) is 2.97. The maximum atomic E-state index is 10.3. The molecule has 24 heavy (non-hydrogen) atoms. The van der Waals surface area contributed by atoms with Gasteiger partial charge in [0.15, 0.2) is 5.96 Å². The molecule has 3 N–H and O–H groups in total. The molecule has 0 amide bonds. The van der Waals surface area contributed by atoms with Crippen LogP contribution in [0.2, 0.25) is 0 Å². The lowest BCUT2D eigenvalue weighted by atomic mass is 10.1. The second-order valence-electron chi connectivity index (χ2n) is 6.40. The molecule has 2 unspecified atom stereocenters. The minimum Gasteiger partial charge on any atom is -0.387 e. The van der Waals surface area contributed by atoms with Gasteiger partial charge in [0.05, 0.1) is 12.6 Å². The third-order valence-corrected chi connectivity index (χ3v) is 5.66. The first-order valence-corrected chi connectivity index (χ1v) is 9.42. The molecule has 1 aliphatic heterocycles. The van der Waals surface area contributed by atoms with Gasteiger partial charge in [-0.05, 0) is 44.9 Å². The van der Waals surface area contributed by atoms with Gasteiger partial charge in [-0.2, -0.15) is 11.8 Å². The monoisotopic (exact) mass is 463 g/mol. The fourth-order valence-corrected chi connectivity index (χ4v) is 3.88. The maximum Gasteiger partial charge on any atom is 0.191 e. The van der Waals surface area contributed by atoms with Gasteiger partial charge in [-0.15, -0.1) is 24.0 Å². The summed E-state index contributed by atoms with van der Waals surface area (Å²) in [5.41, 5.74) is 2.13. The molecular formula is C18H30IN3OS. The highest BCUT2D eigenvalue weighted by molar-refractivity contribution is 14.0. The summed E-state index contributed by atoms with van der Waals surface area (Å²) >= 11 is 2.02. The molecule has 6 heteroatoms. The van der Waals surface area contributed by atoms with Gasteiger partial charge in [-0.1, -0.05) is 29.8 Å². The predicted molar refractivity (Wildman–Crippen MR) is 116 cm³/mol. The van der Waals surface area contributed by atoms with Gasteiger partial charge in [0, 0.05) is 17.8 Å². The molecule has 0 saturated carbocycles. The number of aliphatic imine (C=N–C) groups is 1. The summed E-state index contributed by atoms with van der Waals surface area (Å²) in [4.78, 5) is 4.71. The van der Waals surface area contributed by atoms with E-state index in [1.165, 1.54) is 24.2 Å². The summed E-state index contributed by atoms with van der Waals surface area (Å²) in [6.45, 7) is 8.48. The van der Waals surface area contributed by atoms with Gasteiger partial charge >= 0.3 is 0 Å². The number of aliphatic hydroxyl groups excluding tert-OH is 1. The number of benzene rings is 1. The van der Waals surface area contributed by atoms with Crippen LogP contribution in [-0.2, 0) is 0 Å². The Balaban J connectivity index is 0.00000288. The zero-order chi connectivity index (χ0) is 16.7. The van der Waals surface area contributed by atoms with Crippen molar-refractivity contribution in [3.63, 3.8) is 0 Å². The normalized spacial score (nSPS) is 21.9. The van der Waals surface area contributed by atoms with E-state index in [9.17, 15) is 5.11 Å². The summed E-state index contributed by atoms with van der Waals surface area (Å²) in [5, 5.41) is 16.8. The summed E-state index contributed by atoms with van der Waals surface area (Å²) in [6, 6.07) is 8.00. The van der Waals surface area contributed by atoms with Crippen LogP contribution in [0.15, 0.2) is 29.3 Å². The highest BCUT2D eigenvalue weighted by Gasteiger charge is 2.29. The van der Waals surface area contributed by atoms with Crippen LogP contribution in [0.1, 0.15) is 43.9 Å². The largest absolute Gasteiger partial charge is 0.387 e. The van der Waals surface area contributed by atoms with Crippen LogP contribution in [-0.4, -0.2) is 41.2 Å². The number of nitrogens with one attached hydrogen (secondary N) is 2. The first-order valence-electron chi connectivity index (χ1n) is 8.43. The van der Waals surface area contributed by atoms with Crippen molar-refractivity contribution in [2.75, 3.05) is 25.4 Å². The molecule has 136 valence electrons. The molecule has 0 radical (unpaired) electrons. The van der Waals surface area contributed by atoms with Gasteiger partial charge in [-0.3, -0.25) is 4.99 Å². The van der Waals surface area contributed by atoms with Crippen LogP contribution < -0.4 is 10.6 Å². The summed E-state index contributed by atoms with van der Waals surface area (Å²) in [6.07, 6.45) is 1.98. The molecule has 1 fully saturated rings. The van der Waals surface area contributed by atoms with E-state index in [0.717, 1.165) is 24.6 Å². The lowest BCUT2D eigenvalue weighted by Gasteiger charge is -2.21.